The van der Waals surface area contributed by atoms with Crippen molar-refractivity contribution >= 4 is 17.3 Å². The maximum absolute atomic E-state index is 3.96. The van der Waals surface area contributed by atoms with Gasteiger partial charge in [-0.2, -0.15) is 0 Å². The minimum absolute atomic E-state index is 1.11. The Morgan fingerprint density at radius 3 is 2.54 bits per heavy atom. The van der Waals surface area contributed by atoms with E-state index in [2.05, 4.69) is 30.2 Å². The SMILES string of the molecule is C=C1C=CSc2ccccc21.CC. The van der Waals surface area contributed by atoms with Gasteiger partial charge in [0.15, 0.2) is 0 Å². The fraction of sp³-hybridized carbons (Fsp3) is 0.167. The third-order valence-corrected chi connectivity index (χ3v) is 2.58. The lowest BCUT2D eigenvalue weighted by Gasteiger charge is -2.10. The van der Waals surface area contributed by atoms with Crippen LogP contribution in [0.4, 0.5) is 0 Å². The molecule has 0 aliphatic carbocycles. The Morgan fingerprint density at radius 2 is 1.85 bits per heavy atom. The molecular formula is C12H14S. The Labute approximate surface area is 84.4 Å². The van der Waals surface area contributed by atoms with Crippen LogP contribution in [0, 0.1) is 0 Å². The first kappa shape index (κ1) is 10.1. The molecule has 2 rings (SSSR count). The van der Waals surface area contributed by atoms with E-state index >= 15 is 0 Å². The lowest BCUT2D eigenvalue weighted by molar-refractivity contribution is 1.40. The van der Waals surface area contributed by atoms with Crippen molar-refractivity contribution in [3.63, 3.8) is 0 Å². The molecular weight excluding hydrogens is 176 g/mol. The maximum Gasteiger partial charge on any atom is 0.0194 e. The van der Waals surface area contributed by atoms with Gasteiger partial charge in [-0.25, -0.2) is 0 Å². The van der Waals surface area contributed by atoms with Gasteiger partial charge in [0.25, 0.3) is 0 Å². The van der Waals surface area contributed by atoms with Gasteiger partial charge < -0.3 is 0 Å². The third kappa shape index (κ3) is 2.25. The van der Waals surface area contributed by atoms with E-state index in [1.165, 1.54) is 10.5 Å². The number of benzene rings is 1. The quantitative estimate of drug-likeness (QED) is 0.586. The molecule has 0 atom stereocenters. The van der Waals surface area contributed by atoms with Gasteiger partial charge in [-0.1, -0.05) is 50.4 Å². The van der Waals surface area contributed by atoms with E-state index in [9.17, 15) is 0 Å². The molecule has 68 valence electrons. The predicted molar refractivity (Wildman–Crippen MR) is 61.8 cm³/mol. The highest BCUT2D eigenvalue weighted by molar-refractivity contribution is 8.02. The summed E-state index contributed by atoms with van der Waals surface area (Å²) in [5.41, 5.74) is 2.37. The Kier molecular flexibility index (Phi) is 3.84. The van der Waals surface area contributed by atoms with Crippen molar-refractivity contribution in [2.24, 2.45) is 0 Å². The van der Waals surface area contributed by atoms with Gasteiger partial charge in [-0.05, 0) is 28.7 Å². The zero-order valence-corrected chi connectivity index (χ0v) is 8.90. The fourth-order valence-corrected chi connectivity index (χ4v) is 1.98. The summed E-state index contributed by atoms with van der Waals surface area (Å²) in [5.74, 6) is 0. The summed E-state index contributed by atoms with van der Waals surface area (Å²) in [5, 5.41) is 2.07. The normalized spacial score (nSPS) is 12.9. The van der Waals surface area contributed by atoms with Crippen molar-refractivity contribution in [2.75, 3.05) is 0 Å². The molecule has 0 saturated carbocycles. The van der Waals surface area contributed by atoms with Gasteiger partial charge in [-0.15, -0.1) is 0 Å². The van der Waals surface area contributed by atoms with E-state index in [1.807, 2.05) is 26.0 Å². The second-order valence-corrected chi connectivity index (χ2v) is 3.39. The molecule has 0 radical (unpaired) electrons. The molecule has 0 aromatic heterocycles. The van der Waals surface area contributed by atoms with E-state index < -0.39 is 0 Å². The van der Waals surface area contributed by atoms with Crippen molar-refractivity contribution in [3.05, 3.63) is 47.9 Å². The van der Waals surface area contributed by atoms with Crippen LogP contribution in [0.5, 0.6) is 0 Å². The van der Waals surface area contributed by atoms with Crippen LogP contribution in [-0.2, 0) is 0 Å². The zero-order chi connectivity index (χ0) is 9.68. The molecule has 1 aromatic carbocycles. The summed E-state index contributed by atoms with van der Waals surface area (Å²) in [4.78, 5) is 1.31. The summed E-state index contributed by atoms with van der Waals surface area (Å²) in [6, 6.07) is 8.32. The largest absolute Gasteiger partial charge is 0.0974 e. The van der Waals surface area contributed by atoms with Gasteiger partial charge in [0.2, 0.25) is 0 Å². The average Bonchev–Trinajstić information content (AvgIpc) is 2.22. The van der Waals surface area contributed by atoms with Crippen LogP contribution in [-0.4, -0.2) is 0 Å². The molecule has 0 fully saturated rings. The van der Waals surface area contributed by atoms with Crippen LogP contribution in [0.25, 0.3) is 5.57 Å². The molecule has 0 bridgehead atoms. The number of fused-ring (bicyclic) bond motifs is 1. The van der Waals surface area contributed by atoms with Crippen molar-refractivity contribution in [1.82, 2.24) is 0 Å². The maximum atomic E-state index is 3.96. The molecule has 1 aliphatic rings. The van der Waals surface area contributed by atoms with Crippen LogP contribution >= 0.6 is 11.8 Å². The standard InChI is InChI=1S/C10H8S.C2H6/c1-8-6-7-11-10-5-3-2-4-9(8)10;1-2/h2-7H,1H2;1-2H3. The predicted octanol–water partition coefficient (Wildman–Crippen LogP) is 4.35. The molecule has 0 spiro atoms. The highest BCUT2D eigenvalue weighted by Crippen LogP contribution is 2.33. The second-order valence-electron chi connectivity index (χ2n) is 2.44. The minimum atomic E-state index is 1.11. The highest BCUT2D eigenvalue weighted by atomic mass is 32.2. The molecule has 1 heteroatoms. The summed E-state index contributed by atoms with van der Waals surface area (Å²) in [6.45, 7) is 7.96. The van der Waals surface area contributed by atoms with Crippen molar-refractivity contribution in [3.8, 4) is 0 Å². The fourth-order valence-electron chi connectivity index (χ4n) is 1.11. The van der Waals surface area contributed by atoms with Crippen LogP contribution in [0.2, 0.25) is 0 Å². The van der Waals surface area contributed by atoms with Gasteiger partial charge in [-0.3, -0.25) is 0 Å². The van der Waals surface area contributed by atoms with E-state index in [0.29, 0.717) is 0 Å². The summed E-state index contributed by atoms with van der Waals surface area (Å²) >= 11 is 1.75. The monoisotopic (exact) mass is 190 g/mol. The lowest BCUT2D eigenvalue weighted by Crippen LogP contribution is -1.85. The van der Waals surface area contributed by atoms with Crippen LogP contribution in [0.1, 0.15) is 19.4 Å². The zero-order valence-electron chi connectivity index (χ0n) is 8.08. The Bertz CT molecular complexity index is 324. The molecule has 13 heavy (non-hydrogen) atoms. The first-order valence-corrected chi connectivity index (χ1v) is 5.37. The van der Waals surface area contributed by atoms with Crippen LogP contribution < -0.4 is 0 Å². The van der Waals surface area contributed by atoms with Gasteiger partial charge in [0.1, 0.15) is 0 Å². The Hall–Kier alpha value is -0.950. The number of hydrogen-bond donors (Lipinski definition) is 0. The summed E-state index contributed by atoms with van der Waals surface area (Å²) in [6.07, 6.45) is 2.05. The third-order valence-electron chi connectivity index (χ3n) is 1.70. The first-order valence-electron chi connectivity index (χ1n) is 4.49. The van der Waals surface area contributed by atoms with Gasteiger partial charge >= 0.3 is 0 Å². The number of allylic oxidation sites excluding steroid dienone is 2. The minimum Gasteiger partial charge on any atom is -0.0974 e. The smallest absolute Gasteiger partial charge is 0.0194 e. The van der Waals surface area contributed by atoms with E-state index in [0.717, 1.165) is 5.57 Å². The molecule has 1 heterocycles. The van der Waals surface area contributed by atoms with Crippen LogP contribution in [0.15, 0.2) is 47.2 Å². The molecule has 0 saturated heterocycles. The van der Waals surface area contributed by atoms with E-state index in [4.69, 9.17) is 0 Å². The molecule has 0 nitrogen and oxygen atoms in total. The van der Waals surface area contributed by atoms with Gasteiger partial charge in [0.05, 0.1) is 0 Å². The average molecular weight is 190 g/mol. The topological polar surface area (TPSA) is 0 Å². The highest BCUT2D eigenvalue weighted by Gasteiger charge is 2.05. The molecule has 0 amide bonds. The summed E-state index contributed by atoms with van der Waals surface area (Å²) in [7, 11) is 0. The van der Waals surface area contributed by atoms with Gasteiger partial charge in [0, 0.05) is 4.90 Å². The Morgan fingerprint density at radius 1 is 1.15 bits per heavy atom. The Balaban J connectivity index is 0.000000396. The lowest BCUT2D eigenvalue weighted by atomic mass is 10.1. The first-order chi connectivity index (χ1) is 6.38. The summed E-state index contributed by atoms with van der Waals surface area (Å²) < 4.78 is 0. The second kappa shape index (κ2) is 4.93. The van der Waals surface area contributed by atoms with Crippen LogP contribution in [0.3, 0.4) is 0 Å². The molecule has 1 aliphatic heterocycles. The van der Waals surface area contributed by atoms with Crippen molar-refractivity contribution < 1.29 is 0 Å². The number of rotatable bonds is 0. The van der Waals surface area contributed by atoms with Crippen molar-refractivity contribution in [1.29, 1.82) is 0 Å². The number of hydrogen-bond acceptors (Lipinski definition) is 1. The molecule has 0 N–H and O–H groups in total. The van der Waals surface area contributed by atoms with E-state index in [1.54, 1.807) is 11.8 Å². The number of thioether (sulfide) groups is 1. The molecule has 0 unspecified atom stereocenters. The van der Waals surface area contributed by atoms with Crippen molar-refractivity contribution in [2.45, 2.75) is 18.7 Å². The van der Waals surface area contributed by atoms with E-state index in [-0.39, 0.29) is 0 Å². The molecule has 1 aromatic rings.